The smallest absolute Gasteiger partial charge is 0.269 e. The van der Waals surface area contributed by atoms with Crippen LogP contribution in [0.2, 0.25) is 0 Å². The Balaban J connectivity index is 1.94. The monoisotopic (exact) mass is 276 g/mol. The van der Waals surface area contributed by atoms with E-state index in [1.165, 1.54) is 0 Å². The van der Waals surface area contributed by atoms with Crippen LogP contribution < -0.4 is 10.6 Å². The molecule has 1 amide bonds. The van der Waals surface area contributed by atoms with Crippen molar-refractivity contribution in [2.24, 2.45) is 0 Å². The van der Waals surface area contributed by atoms with E-state index in [4.69, 9.17) is 0 Å². The first-order chi connectivity index (χ1) is 9.20. The summed E-state index contributed by atoms with van der Waals surface area (Å²) in [5, 5.41) is 8.75. The van der Waals surface area contributed by atoms with Gasteiger partial charge < -0.3 is 10.6 Å². The van der Waals surface area contributed by atoms with Gasteiger partial charge >= 0.3 is 0 Å². The van der Waals surface area contributed by atoms with Crippen LogP contribution in [0.1, 0.15) is 28.3 Å². The molecule has 1 atom stereocenters. The summed E-state index contributed by atoms with van der Waals surface area (Å²) in [6.45, 7) is 2.59. The number of nitrogens with zero attached hydrogens (tertiary/aromatic N) is 2. The number of amides is 1. The molecule has 1 unspecified atom stereocenters. The molecule has 2 N–H and O–H groups in total. The number of rotatable bonds is 5. The molecule has 0 saturated heterocycles. The van der Waals surface area contributed by atoms with Gasteiger partial charge in [-0.05, 0) is 12.1 Å². The minimum absolute atomic E-state index is 0.166. The van der Waals surface area contributed by atoms with Crippen LogP contribution in [0.25, 0.3) is 0 Å². The van der Waals surface area contributed by atoms with E-state index < -0.39 is 0 Å². The molecule has 2 aromatic rings. The molecule has 0 saturated carbocycles. The van der Waals surface area contributed by atoms with Gasteiger partial charge in [-0.2, -0.15) is 0 Å². The highest BCUT2D eigenvalue weighted by atomic mass is 32.1. The zero-order valence-electron chi connectivity index (χ0n) is 10.9. The minimum Gasteiger partial charge on any atom is -0.373 e. The van der Waals surface area contributed by atoms with E-state index >= 15 is 0 Å². The summed E-state index contributed by atoms with van der Waals surface area (Å²) in [6, 6.07) is 5.32. The van der Waals surface area contributed by atoms with Crippen molar-refractivity contribution in [2.75, 3.05) is 18.9 Å². The summed E-state index contributed by atoms with van der Waals surface area (Å²) in [5.74, 6) is 0.720. The van der Waals surface area contributed by atoms with Crippen molar-refractivity contribution in [1.82, 2.24) is 15.3 Å². The van der Waals surface area contributed by atoms with Gasteiger partial charge in [0.2, 0.25) is 0 Å². The number of carbonyl (C=O) groups is 1. The molecule has 5 nitrogen and oxygen atoms in total. The highest BCUT2D eigenvalue weighted by Crippen LogP contribution is 2.16. The highest BCUT2D eigenvalue weighted by molar-refractivity contribution is 7.09. The number of aromatic nitrogens is 2. The number of carbonyl (C=O) groups excluding carboxylic acids is 1. The molecule has 2 rings (SSSR count). The predicted octanol–water partition coefficient (Wildman–Crippen LogP) is 2.11. The largest absolute Gasteiger partial charge is 0.373 e. The first-order valence-corrected chi connectivity index (χ1v) is 6.91. The second-order valence-electron chi connectivity index (χ2n) is 4.14. The van der Waals surface area contributed by atoms with E-state index in [0.29, 0.717) is 18.1 Å². The first kappa shape index (κ1) is 13.5. The van der Waals surface area contributed by atoms with Crippen LogP contribution in [0.3, 0.4) is 0 Å². The van der Waals surface area contributed by atoms with Crippen LogP contribution in [0.15, 0.2) is 29.8 Å². The van der Waals surface area contributed by atoms with Gasteiger partial charge in [0.15, 0.2) is 0 Å². The quantitative estimate of drug-likeness (QED) is 0.877. The topological polar surface area (TPSA) is 66.9 Å². The Morgan fingerprint density at radius 3 is 3.00 bits per heavy atom. The first-order valence-electron chi connectivity index (χ1n) is 6.03. The van der Waals surface area contributed by atoms with Crippen molar-refractivity contribution in [3.05, 3.63) is 40.5 Å². The molecule has 0 aliphatic rings. The average molecular weight is 276 g/mol. The maximum atomic E-state index is 12.0. The minimum atomic E-state index is -0.166. The molecule has 0 spiro atoms. The van der Waals surface area contributed by atoms with Crippen molar-refractivity contribution in [3.63, 3.8) is 0 Å². The molecule has 0 fully saturated rings. The summed E-state index contributed by atoms with van der Waals surface area (Å²) in [4.78, 5) is 20.4. The third kappa shape index (κ3) is 3.51. The summed E-state index contributed by atoms with van der Waals surface area (Å²) in [6.07, 6.45) is 1.77. The van der Waals surface area contributed by atoms with Gasteiger partial charge in [-0.25, -0.2) is 9.97 Å². The molecule has 100 valence electrons. The Hall–Kier alpha value is -1.95. The van der Waals surface area contributed by atoms with E-state index in [9.17, 15) is 4.79 Å². The van der Waals surface area contributed by atoms with Crippen LogP contribution in [-0.2, 0) is 0 Å². The van der Waals surface area contributed by atoms with E-state index in [-0.39, 0.29) is 11.8 Å². The number of anilines is 1. The highest BCUT2D eigenvalue weighted by Gasteiger charge is 2.12. The molecule has 2 heterocycles. The molecule has 0 aromatic carbocycles. The number of hydrogen-bond acceptors (Lipinski definition) is 5. The molecule has 19 heavy (non-hydrogen) atoms. The van der Waals surface area contributed by atoms with Gasteiger partial charge in [-0.3, -0.25) is 4.79 Å². The fourth-order valence-corrected chi connectivity index (χ4v) is 2.30. The summed E-state index contributed by atoms with van der Waals surface area (Å²) in [5.41, 5.74) is 0.415. The normalized spacial score (nSPS) is 11.9. The van der Waals surface area contributed by atoms with E-state index in [0.717, 1.165) is 5.01 Å². The second-order valence-corrected chi connectivity index (χ2v) is 5.07. The van der Waals surface area contributed by atoms with Crippen LogP contribution in [0, 0.1) is 0 Å². The molecule has 0 radical (unpaired) electrons. The Morgan fingerprint density at radius 2 is 2.32 bits per heavy atom. The van der Waals surface area contributed by atoms with Crippen LogP contribution in [0.5, 0.6) is 0 Å². The van der Waals surface area contributed by atoms with Crippen molar-refractivity contribution >= 4 is 23.1 Å². The van der Waals surface area contributed by atoms with Crippen LogP contribution in [-0.4, -0.2) is 29.5 Å². The van der Waals surface area contributed by atoms with Gasteiger partial charge in [0, 0.05) is 31.1 Å². The molecule has 0 aliphatic heterocycles. The summed E-state index contributed by atoms with van der Waals surface area (Å²) < 4.78 is 0. The van der Waals surface area contributed by atoms with E-state index in [1.807, 2.05) is 18.4 Å². The van der Waals surface area contributed by atoms with E-state index in [1.54, 1.807) is 36.7 Å². The van der Waals surface area contributed by atoms with Crippen LogP contribution >= 0.6 is 11.3 Å². The SMILES string of the molecule is CNc1cccc(C(=O)NCC(C)c2nccs2)n1. The lowest BCUT2D eigenvalue weighted by Crippen LogP contribution is -2.28. The Kier molecular flexibility index (Phi) is 4.46. The molecular weight excluding hydrogens is 260 g/mol. The van der Waals surface area contributed by atoms with Crippen molar-refractivity contribution in [1.29, 1.82) is 0 Å². The maximum absolute atomic E-state index is 12.0. The molecular formula is C13H16N4OS. The molecule has 0 bridgehead atoms. The predicted molar refractivity (Wildman–Crippen MR) is 76.6 cm³/mol. The Labute approximate surface area is 116 Å². The zero-order chi connectivity index (χ0) is 13.7. The molecule has 6 heteroatoms. The fraction of sp³-hybridized carbons (Fsp3) is 0.308. The Morgan fingerprint density at radius 1 is 1.47 bits per heavy atom. The van der Waals surface area contributed by atoms with Crippen LogP contribution in [0.4, 0.5) is 5.82 Å². The van der Waals surface area contributed by atoms with Crippen molar-refractivity contribution < 1.29 is 4.79 Å². The Bertz CT molecular complexity index is 541. The molecule has 2 aromatic heterocycles. The second kappa shape index (κ2) is 6.29. The average Bonchev–Trinajstić information content (AvgIpc) is 2.98. The lowest BCUT2D eigenvalue weighted by molar-refractivity contribution is 0.0947. The third-order valence-corrected chi connectivity index (χ3v) is 3.69. The number of hydrogen-bond donors (Lipinski definition) is 2. The number of pyridine rings is 1. The van der Waals surface area contributed by atoms with Crippen molar-refractivity contribution in [2.45, 2.75) is 12.8 Å². The van der Waals surface area contributed by atoms with E-state index in [2.05, 4.69) is 20.6 Å². The lowest BCUT2D eigenvalue weighted by Gasteiger charge is -2.10. The fourth-order valence-electron chi connectivity index (χ4n) is 1.60. The number of nitrogens with one attached hydrogen (secondary N) is 2. The standard InChI is InChI=1S/C13H16N4OS/c1-9(13-15-6-7-19-13)8-16-12(18)10-4-3-5-11(14-2)17-10/h3-7,9H,8H2,1-2H3,(H,14,17)(H,16,18). The summed E-state index contributed by atoms with van der Waals surface area (Å²) >= 11 is 1.60. The third-order valence-electron chi connectivity index (χ3n) is 2.68. The van der Waals surface area contributed by atoms with Crippen molar-refractivity contribution in [3.8, 4) is 0 Å². The lowest BCUT2D eigenvalue weighted by atomic mass is 10.2. The zero-order valence-corrected chi connectivity index (χ0v) is 11.7. The van der Waals surface area contributed by atoms with Gasteiger partial charge in [-0.1, -0.05) is 13.0 Å². The maximum Gasteiger partial charge on any atom is 0.269 e. The van der Waals surface area contributed by atoms with Gasteiger partial charge in [0.05, 0.1) is 5.01 Å². The summed E-state index contributed by atoms with van der Waals surface area (Å²) in [7, 11) is 1.77. The van der Waals surface area contributed by atoms with Gasteiger partial charge in [0.1, 0.15) is 11.5 Å². The molecule has 0 aliphatic carbocycles. The van der Waals surface area contributed by atoms with Gasteiger partial charge in [-0.15, -0.1) is 11.3 Å². The van der Waals surface area contributed by atoms with Gasteiger partial charge in [0.25, 0.3) is 5.91 Å². The number of thiazole rings is 1.